The van der Waals surface area contributed by atoms with Gasteiger partial charge in [0.25, 0.3) is 0 Å². The Morgan fingerprint density at radius 2 is 2.22 bits per heavy atom. The van der Waals surface area contributed by atoms with Crippen LogP contribution in [0.15, 0.2) is 18.2 Å². The summed E-state index contributed by atoms with van der Waals surface area (Å²) < 4.78 is 18.4. The molecule has 1 aliphatic heterocycles. The quantitative estimate of drug-likeness (QED) is 0.855. The molecule has 1 fully saturated rings. The lowest BCUT2D eigenvalue weighted by Crippen LogP contribution is -2.24. The Labute approximate surface area is 103 Å². The molecule has 2 rings (SSSR count). The number of carboxylic acids is 1. The molecule has 2 N–H and O–H groups in total. The van der Waals surface area contributed by atoms with Crippen molar-refractivity contribution in [3.63, 3.8) is 0 Å². The average molecular weight is 253 g/mol. The van der Waals surface area contributed by atoms with E-state index in [1.807, 2.05) is 0 Å². The Hall–Kier alpha value is -1.95. The van der Waals surface area contributed by atoms with E-state index in [4.69, 9.17) is 9.84 Å². The zero-order valence-corrected chi connectivity index (χ0v) is 9.48. The molecule has 18 heavy (non-hydrogen) atoms. The SMILES string of the molecule is O=C(O)c1c(F)cccc1NC(=O)C1CCOC1. The number of carbonyl (C=O) groups excluding carboxylic acids is 1. The zero-order valence-electron chi connectivity index (χ0n) is 9.48. The van der Waals surface area contributed by atoms with Gasteiger partial charge >= 0.3 is 5.97 Å². The van der Waals surface area contributed by atoms with Gasteiger partial charge in [-0.15, -0.1) is 0 Å². The average Bonchev–Trinajstić information content (AvgIpc) is 2.81. The Morgan fingerprint density at radius 1 is 1.44 bits per heavy atom. The second-order valence-electron chi connectivity index (χ2n) is 4.02. The number of carboxylic acid groups (broad SMARTS) is 1. The molecule has 0 saturated carbocycles. The maximum absolute atomic E-state index is 13.4. The van der Waals surface area contributed by atoms with Crippen molar-refractivity contribution < 1.29 is 23.8 Å². The number of hydrogen-bond acceptors (Lipinski definition) is 3. The maximum atomic E-state index is 13.4. The minimum atomic E-state index is -1.41. The van der Waals surface area contributed by atoms with Crippen LogP contribution in [-0.4, -0.2) is 30.2 Å². The molecule has 1 unspecified atom stereocenters. The number of carbonyl (C=O) groups is 2. The molecule has 0 radical (unpaired) electrons. The minimum absolute atomic E-state index is 0.0283. The molecule has 6 heteroatoms. The van der Waals surface area contributed by atoms with Crippen molar-refractivity contribution in [1.82, 2.24) is 0 Å². The summed E-state index contributed by atoms with van der Waals surface area (Å²) in [6.07, 6.45) is 0.587. The summed E-state index contributed by atoms with van der Waals surface area (Å²) in [5, 5.41) is 11.3. The van der Waals surface area contributed by atoms with Crippen molar-refractivity contribution in [1.29, 1.82) is 0 Å². The van der Waals surface area contributed by atoms with Crippen LogP contribution >= 0.6 is 0 Å². The van der Waals surface area contributed by atoms with E-state index >= 15 is 0 Å². The summed E-state index contributed by atoms with van der Waals surface area (Å²) >= 11 is 0. The summed E-state index contributed by atoms with van der Waals surface area (Å²) in [5.41, 5.74) is -0.552. The Bertz CT molecular complexity index is 483. The molecule has 1 heterocycles. The van der Waals surface area contributed by atoms with E-state index in [0.29, 0.717) is 19.6 Å². The van der Waals surface area contributed by atoms with Crippen LogP contribution in [0.2, 0.25) is 0 Å². The lowest BCUT2D eigenvalue weighted by atomic mass is 10.1. The second kappa shape index (κ2) is 5.14. The maximum Gasteiger partial charge on any atom is 0.340 e. The van der Waals surface area contributed by atoms with Gasteiger partial charge in [0.05, 0.1) is 18.2 Å². The normalized spacial score (nSPS) is 18.6. The number of nitrogens with one attached hydrogen (secondary N) is 1. The number of halogens is 1. The molecular formula is C12H12FNO4. The van der Waals surface area contributed by atoms with Crippen molar-refractivity contribution in [2.24, 2.45) is 5.92 Å². The molecule has 96 valence electrons. The first-order valence-electron chi connectivity index (χ1n) is 5.50. The van der Waals surface area contributed by atoms with Crippen LogP contribution in [0.1, 0.15) is 16.8 Å². The number of ether oxygens (including phenoxy) is 1. The standard InChI is InChI=1S/C12H12FNO4/c13-8-2-1-3-9(10(8)12(16)17)14-11(15)7-4-5-18-6-7/h1-3,7H,4-6H2,(H,14,15)(H,16,17). The van der Waals surface area contributed by atoms with Crippen LogP contribution in [0.5, 0.6) is 0 Å². The lowest BCUT2D eigenvalue weighted by Gasteiger charge is -2.11. The van der Waals surface area contributed by atoms with E-state index in [1.165, 1.54) is 12.1 Å². The van der Waals surface area contributed by atoms with Gasteiger partial charge in [-0.05, 0) is 18.6 Å². The van der Waals surface area contributed by atoms with E-state index in [1.54, 1.807) is 0 Å². The molecule has 0 bridgehead atoms. The molecule has 1 aromatic carbocycles. The summed E-state index contributed by atoms with van der Waals surface area (Å²) in [4.78, 5) is 22.7. The van der Waals surface area contributed by atoms with Crippen LogP contribution in [0, 0.1) is 11.7 Å². The highest BCUT2D eigenvalue weighted by Gasteiger charge is 2.25. The van der Waals surface area contributed by atoms with Gasteiger partial charge in [-0.2, -0.15) is 0 Å². The van der Waals surface area contributed by atoms with Crippen molar-refractivity contribution in [2.75, 3.05) is 18.5 Å². The third-order valence-electron chi connectivity index (χ3n) is 2.79. The first-order valence-corrected chi connectivity index (χ1v) is 5.50. The fourth-order valence-corrected chi connectivity index (χ4v) is 1.82. The molecular weight excluding hydrogens is 241 g/mol. The molecule has 0 aromatic heterocycles. The van der Waals surface area contributed by atoms with Crippen LogP contribution < -0.4 is 5.32 Å². The monoisotopic (exact) mass is 253 g/mol. The van der Waals surface area contributed by atoms with Gasteiger partial charge in [0.1, 0.15) is 11.4 Å². The van der Waals surface area contributed by atoms with Crippen molar-refractivity contribution in [3.05, 3.63) is 29.6 Å². The predicted molar refractivity (Wildman–Crippen MR) is 60.9 cm³/mol. The van der Waals surface area contributed by atoms with Gasteiger partial charge in [-0.25, -0.2) is 9.18 Å². The highest BCUT2D eigenvalue weighted by molar-refractivity contribution is 6.01. The molecule has 1 amide bonds. The van der Waals surface area contributed by atoms with Crippen LogP contribution in [0.4, 0.5) is 10.1 Å². The summed E-state index contributed by atoms with van der Waals surface area (Å²) in [6.45, 7) is 0.816. The van der Waals surface area contributed by atoms with E-state index in [9.17, 15) is 14.0 Å². The third kappa shape index (κ3) is 2.48. The van der Waals surface area contributed by atoms with Crippen LogP contribution in [0.3, 0.4) is 0 Å². The first kappa shape index (κ1) is 12.5. The Kier molecular flexibility index (Phi) is 3.57. The fraction of sp³-hybridized carbons (Fsp3) is 0.333. The van der Waals surface area contributed by atoms with Gasteiger partial charge < -0.3 is 15.2 Å². The molecule has 1 saturated heterocycles. The molecule has 0 aliphatic carbocycles. The van der Waals surface area contributed by atoms with Gasteiger partial charge in [-0.1, -0.05) is 6.07 Å². The van der Waals surface area contributed by atoms with Crippen molar-refractivity contribution >= 4 is 17.6 Å². The minimum Gasteiger partial charge on any atom is -0.478 e. The van der Waals surface area contributed by atoms with E-state index in [2.05, 4.69) is 5.32 Å². The topological polar surface area (TPSA) is 75.6 Å². The van der Waals surface area contributed by atoms with Gasteiger partial charge in [0.2, 0.25) is 5.91 Å². The van der Waals surface area contributed by atoms with Crippen LogP contribution in [-0.2, 0) is 9.53 Å². The van der Waals surface area contributed by atoms with E-state index in [0.717, 1.165) is 6.07 Å². The summed E-state index contributed by atoms with van der Waals surface area (Å²) in [7, 11) is 0. The van der Waals surface area contributed by atoms with Crippen LogP contribution in [0.25, 0.3) is 0 Å². The number of benzene rings is 1. The smallest absolute Gasteiger partial charge is 0.340 e. The van der Waals surface area contributed by atoms with Gasteiger partial charge in [0.15, 0.2) is 0 Å². The second-order valence-corrected chi connectivity index (χ2v) is 4.02. The van der Waals surface area contributed by atoms with E-state index in [-0.39, 0.29) is 17.5 Å². The highest BCUT2D eigenvalue weighted by Crippen LogP contribution is 2.21. The number of anilines is 1. The Balaban J connectivity index is 2.20. The zero-order chi connectivity index (χ0) is 13.1. The number of aromatic carboxylic acids is 1. The summed E-state index contributed by atoms with van der Waals surface area (Å²) in [6, 6.07) is 3.75. The van der Waals surface area contributed by atoms with Gasteiger partial charge in [0, 0.05) is 6.61 Å². The highest BCUT2D eigenvalue weighted by atomic mass is 19.1. The lowest BCUT2D eigenvalue weighted by molar-refractivity contribution is -0.119. The molecule has 1 atom stereocenters. The Morgan fingerprint density at radius 3 is 2.83 bits per heavy atom. The number of rotatable bonds is 3. The predicted octanol–water partition coefficient (Wildman–Crippen LogP) is 1.50. The van der Waals surface area contributed by atoms with Gasteiger partial charge in [-0.3, -0.25) is 4.79 Å². The molecule has 0 spiro atoms. The molecule has 5 nitrogen and oxygen atoms in total. The third-order valence-corrected chi connectivity index (χ3v) is 2.79. The largest absolute Gasteiger partial charge is 0.478 e. The van der Waals surface area contributed by atoms with Crippen molar-refractivity contribution in [3.8, 4) is 0 Å². The first-order chi connectivity index (χ1) is 8.59. The molecule has 1 aromatic rings. The molecule has 1 aliphatic rings. The number of hydrogen-bond donors (Lipinski definition) is 2. The number of amides is 1. The van der Waals surface area contributed by atoms with E-state index < -0.39 is 17.3 Å². The van der Waals surface area contributed by atoms with Crippen molar-refractivity contribution in [2.45, 2.75) is 6.42 Å². The summed E-state index contributed by atoms with van der Waals surface area (Å²) in [5.74, 6) is -2.94. The fourth-order valence-electron chi connectivity index (χ4n) is 1.82.